The molecule has 0 radical (unpaired) electrons. The van der Waals surface area contributed by atoms with Crippen LogP contribution in [0.3, 0.4) is 0 Å². The SMILES string of the molecule is COCCOCCOCCOCCOCCOCCOCCOCCCNc1nc(C(=O)NC(CO)C(=O)OCc2ccccc2)c(NCCCOCCOCCOCCOCCOCCOCCOCCOC)nc1C(=O)CC(CO)C(=O)OCc1ccccc1. The van der Waals surface area contributed by atoms with E-state index in [4.69, 9.17) is 85.3 Å². The third-order valence-corrected chi connectivity index (χ3v) is 12.4. The smallest absolute Gasteiger partial charge is 0.331 e. The van der Waals surface area contributed by atoms with Crippen molar-refractivity contribution in [1.82, 2.24) is 15.3 Å². The standard InChI is InChI=1S/C63H101N5O24/c1-75-19-21-79-27-29-83-35-37-87-43-45-89-41-39-85-33-31-81-25-23-77-17-9-15-64-59-57(56(71)47-54(48-69)62(73)91-50-52-11-5-3-6-12-52)67-60(58(68-59)61(72)66-55(49-70)63(74)92-51-53-13-7-4-8-14-53)65-16-10-18-78-24-26-82-32-34-86-40-42-90-46-44-88-38-36-84-30-28-80-22-20-76-2/h3-8,11-14,54-55,69-70H,9-10,15-51H2,1-2H3,(H,64,68)(H,65,67)(H,66,72). The fourth-order valence-electron chi connectivity index (χ4n) is 7.55. The first-order valence-electron chi connectivity index (χ1n) is 31.2. The van der Waals surface area contributed by atoms with Gasteiger partial charge in [-0.25, -0.2) is 14.8 Å². The lowest BCUT2D eigenvalue weighted by atomic mass is 10.0. The zero-order valence-corrected chi connectivity index (χ0v) is 53.8. The molecule has 1 amide bonds. The quantitative estimate of drug-likeness (QED) is 0.0308. The van der Waals surface area contributed by atoms with Gasteiger partial charge in [-0.3, -0.25) is 14.4 Å². The van der Waals surface area contributed by atoms with Crippen molar-refractivity contribution >= 4 is 35.3 Å². The number of aliphatic hydroxyl groups is 2. The van der Waals surface area contributed by atoms with Crippen LogP contribution in [0.15, 0.2) is 60.7 Å². The summed E-state index contributed by atoms with van der Waals surface area (Å²) < 4.78 is 98.2. The van der Waals surface area contributed by atoms with Crippen molar-refractivity contribution in [2.24, 2.45) is 5.92 Å². The summed E-state index contributed by atoms with van der Waals surface area (Å²) in [7, 11) is 3.25. The molecule has 522 valence electrons. The van der Waals surface area contributed by atoms with Gasteiger partial charge < -0.3 is 111 Å². The van der Waals surface area contributed by atoms with Crippen LogP contribution in [0, 0.1) is 5.92 Å². The van der Waals surface area contributed by atoms with E-state index in [9.17, 15) is 29.4 Å². The van der Waals surface area contributed by atoms with E-state index in [1.165, 1.54) is 0 Å². The van der Waals surface area contributed by atoms with E-state index in [1.54, 1.807) is 62.8 Å². The highest BCUT2D eigenvalue weighted by molar-refractivity contribution is 6.04. The zero-order chi connectivity index (χ0) is 65.8. The lowest BCUT2D eigenvalue weighted by Crippen LogP contribution is -2.45. The topological polar surface area (TPSA) is 337 Å². The first-order valence-corrected chi connectivity index (χ1v) is 31.2. The van der Waals surface area contributed by atoms with E-state index in [-0.39, 0.29) is 75.8 Å². The fraction of sp³-hybridized carbons (Fsp3) is 0.683. The van der Waals surface area contributed by atoms with Gasteiger partial charge in [-0.1, -0.05) is 60.7 Å². The average molecular weight is 1310 g/mol. The van der Waals surface area contributed by atoms with Crippen LogP contribution in [0.5, 0.6) is 0 Å². The molecule has 3 rings (SSSR count). The maximum absolute atomic E-state index is 14.3. The minimum atomic E-state index is -1.51. The lowest BCUT2D eigenvalue weighted by Gasteiger charge is -2.19. The summed E-state index contributed by atoms with van der Waals surface area (Å²) in [4.78, 5) is 64.1. The highest BCUT2D eigenvalue weighted by Gasteiger charge is 2.30. The fourth-order valence-corrected chi connectivity index (χ4v) is 7.55. The number of hydrogen-bond donors (Lipinski definition) is 5. The van der Waals surface area contributed by atoms with E-state index >= 15 is 0 Å². The molecule has 0 aliphatic heterocycles. The Labute approximate surface area is 540 Å². The summed E-state index contributed by atoms with van der Waals surface area (Å²) >= 11 is 0. The van der Waals surface area contributed by atoms with Gasteiger partial charge in [0.15, 0.2) is 34.8 Å². The van der Waals surface area contributed by atoms with Crippen LogP contribution < -0.4 is 16.0 Å². The van der Waals surface area contributed by atoms with Crippen molar-refractivity contribution in [3.05, 3.63) is 83.2 Å². The van der Waals surface area contributed by atoms with Crippen LogP contribution in [0.1, 0.15) is 51.4 Å². The third kappa shape index (κ3) is 41.9. The molecule has 0 spiro atoms. The largest absolute Gasteiger partial charge is 0.461 e. The average Bonchev–Trinajstić information content (AvgIpc) is 2.13. The minimum Gasteiger partial charge on any atom is -0.461 e. The van der Waals surface area contributed by atoms with Crippen LogP contribution in [0.25, 0.3) is 0 Å². The van der Waals surface area contributed by atoms with Crippen LogP contribution in [-0.2, 0) is 108 Å². The minimum absolute atomic E-state index is 0.0849. The van der Waals surface area contributed by atoms with Gasteiger partial charge in [0, 0.05) is 46.9 Å². The van der Waals surface area contributed by atoms with Gasteiger partial charge in [-0.2, -0.15) is 0 Å². The lowest BCUT2D eigenvalue weighted by molar-refractivity contribution is -0.151. The number of nitrogens with zero attached hydrogens (tertiary/aromatic N) is 2. The van der Waals surface area contributed by atoms with E-state index in [0.717, 1.165) is 0 Å². The Bertz CT molecular complexity index is 2110. The number of carbonyl (C=O) groups excluding carboxylic acids is 4. The van der Waals surface area contributed by atoms with Gasteiger partial charge in [0.2, 0.25) is 0 Å². The molecule has 3 aromatic rings. The highest BCUT2D eigenvalue weighted by Crippen LogP contribution is 2.23. The number of rotatable bonds is 65. The van der Waals surface area contributed by atoms with Gasteiger partial charge in [0.1, 0.15) is 13.2 Å². The number of benzene rings is 2. The number of aromatic nitrogens is 2. The van der Waals surface area contributed by atoms with E-state index < -0.39 is 55.2 Å². The van der Waals surface area contributed by atoms with Crippen LogP contribution in [0.4, 0.5) is 11.6 Å². The Hall–Kier alpha value is -5.52. The molecule has 0 aliphatic rings. The molecule has 0 saturated carbocycles. The monoisotopic (exact) mass is 1310 g/mol. The zero-order valence-electron chi connectivity index (χ0n) is 53.8. The summed E-state index contributed by atoms with van der Waals surface area (Å²) in [6.45, 7) is 11.1. The van der Waals surface area contributed by atoms with Crippen molar-refractivity contribution in [3.8, 4) is 0 Å². The van der Waals surface area contributed by atoms with Crippen molar-refractivity contribution in [2.75, 3.05) is 249 Å². The van der Waals surface area contributed by atoms with Gasteiger partial charge in [-0.15, -0.1) is 0 Å². The molecule has 29 nitrogen and oxygen atoms in total. The molecule has 29 heteroatoms. The van der Waals surface area contributed by atoms with Crippen molar-refractivity contribution in [1.29, 1.82) is 0 Å². The van der Waals surface area contributed by atoms with Gasteiger partial charge >= 0.3 is 11.9 Å². The molecule has 5 N–H and O–H groups in total. The summed E-state index contributed by atoms with van der Waals surface area (Å²) in [5, 5.41) is 29.2. The second-order valence-electron chi connectivity index (χ2n) is 19.6. The Kier molecular flexibility index (Phi) is 51.0. The number of esters is 2. The predicted octanol–water partition coefficient (Wildman–Crippen LogP) is 2.36. The molecule has 1 aromatic heterocycles. The molecular weight excluding hydrogens is 1210 g/mol. The summed E-state index contributed by atoms with van der Waals surface area (Å²) in [6.07, 6.45) is 0.256. The molecule has 0 bridgehead atoms. The summed E-state index contributed by atoms with van der Waals surface area (Å²) in [6, 6.07) is 16.3. The van der Waals surface area contributed by atoms with Crippen LogP contribution in [-0.4, -0.2) is 289 Å². The molecule has 0 aliphatic carbocycles. The molecule has 92 heavy (non-hydrogen) atoms. The summed E-state index contributed by atoms with van der Waals surface area (Å²) in [5.41, 5.74) is 0.799. The van der Waals surface area contributed by atoms with Gasteiger partial charge in [0.05, 0.1) is 204 Å². The van der Waals surface area contributed by atoms with Gasteiger partial charge in [-0.05, 0) is 24.0 Å². The van der Waals surface area contributed by atoms with E-state index in [0.29, 0.717) is 196 Å². The second kappa shape index (κ2) is 58.1. The number of nitrogens with one attached hydrogen (secondary N) is 3. The van der Waals surface area contributed by atoms with Crippen molar-refractivity contribution in [2.45, 2.75) is 38.5 Å². The summed E-state index contributed by atoms with van der Waals surface area (Å²) in [5.74, 6) is -4.92. The first-order chi connectivity index (χ1) is 45.3. The maximum Gasteiger partial charge on any atom is 0.331 e. The Morgan fingerprint density at radius 3 is 1.02 bits per heavy atom. The number of ketones is 1. The number of carbonyl (C=O) groups is 4. The Balaban J connectivity index is 1.52. The molecule has 2 unspecified atom stereocenters. The molecule has 0 fully saturated rings. The van der Waals surface area contributed by atoms with Crippen molar-refractivity contribution < 1.29 is 115 Å². The van der Waals surface area contributed by atoms with Gasteiger partial charge in [0.25, 0.3) is 5.91 Å². The number of methoxy groups -OCH3 is 2. The Morgan fingerprint density at radius 1 is 0.391 bits per heavy atom. The highest BCUT2D eigenvalue weighted by atomic mass is 16.6. The number of aliphatic hydroxyl groups excluding tert-OH is 2. The Morgan fingerprint density at radius 2 is 0.696 bits per heavy atom. The number of Topliss-reactive ketones (excluding diaryl/α,β-unsaturated/α-hetero) is 1. The normalized spacial score (nSPS) is 12.0. The van der Waals surface area contributed by atoms with Crippen LogP contribution in [0.2, 0.25) is 0 Å². The van der Waals surface area contributed by atoms with Crippen LogP contribution >= 0.6 is 0 Å². The number of hydrogen-bond acceptors (Lipinski definition) is 28. The predicted molar refractivity (Wildman–Crippen MR) is 334 cm³/mol. The van der Waals surface area contributed by atoms with Crippen molar-refractivity contribution in [3.63, 3.8) is 0 Å². The number of ether oxygens (including phenoxy) is 18. The van der Waals surface area contributed by atoms with E-state index in [2.05, 4.69) is 25.9 Å². The maximum atomic E-state index is 14.3. The van der Waals surface area contributed by atoms with E-state index in [1.807, 2.05) is 12.1 Å². The molecule has 1 heterocycles. The number of anilines is 2. The molecule has 2 aromatic carbocycles. The first kappa shape index (κ1) is 80.7. The molecule has 0 saturated heterocycles. The third-order valence-electron chi connectivity index (χ3n) is 12.4. The molecule has 2 atom stereocenters. The number of amides is 1. The molecular formula is C63H101N5O24. The second-order valence-corrected chi connectivity index (χ2v) is 19.6.